The number of amides is 1. The van der Waals surface area contributed by atoms with E-state index in [1.54, 1.807) is 33.1 Å². The van der Waals surface area contributed by atoms with E-state index in [1.165, 1.54) is 11.0 Å². The van der Waals surface area contributed by atoms with E-state index >= 15 is 0 Å². The smallest absolute Gasteiger partial charge is 0.255 e. The zero-order valence-electron chi connectivity index (χ0n) is 19.7. The summed E-state index contributed by atoms with van der Waals surface area (Å²) in [6.07, 6.45) is 0.153. The van der Waals surface area contributed by atoms with Gasteiger partial charge in [-0.05, 0) is 44.5 Å². The minimum Gasteiger partial charge on any atom is -0.508 e. The Labute approximate surface area is 201 Å². The number of hydrogen-bond donors (Lipinski definition) is 5. The Kier molecular flexibility index (Phi) is 5.42. The van der Waals surface area contributed by atoms with Gasteiger partial charge in [-0.15, -0.1) is 0 Å². The van der Waals surface area contributed by atoms with Crippen LogP contribution in [0.5, 0.6) is 5.75 Å². The van der Waals surface area contributed by atoms with Crippen LogP contribution >= 0.6 is 0 Å². The molecule has 1 amide bonds. The molecular formula is C24H26N4O7. The van der Waals surface area contributed by atoms with E-state index in [1.807, 2.05) is 6.07 Å². The number of hydrogen-bond acceptors (Lipinski definition) is 10. The Balaban J connectivity index is 2.03. The number of Topliss-reactive ketones (excluding diaryl/α,β-unsaturated/α-hetero) is 2. The number of phenolic OH excluding ortho intramolecular Hbond substituents is 1. The fraction of sp³-hybridized carbons (Fsp3) is 0.417. The van der Waals surface area contributed by atoms with Gasteiger partial charge in [-0.1, -0.05) is 0 Å². The number of ketones is 2. The number of carbonyl (C=O) groups excluding carboxylic acids is 3. The van der Waals surface area contributed by atoms with E-state index in [0.717, 1.165) is 0 Å². The molecule has 1 aromatic rings. The average molecular weight is 482 g/mol. The summed E-state index contributed by atoms with van der Waals surface area (Å²) in [5, 5.41) is 53.8. The van der Waals surface area contributed by atoms with Crippen LogP contribution in [0.3, 0.4) is 0 Å². The number of phenols is 1. The van der Waals surface area contributed by atoms with Gasteiger partial charge in [0, 0.05) is 31.3 Å². The third-order valence-electron chi connectivity index (χ3n) is 7.30. The van der Waals surface area contributed by atoms with Gasteiger partial charge in [-0.25, -0.2) is 0 Å². The summed E-state index contributed by atoms with van der Waals surface area (Å²) in [5.41, 5.74) is 2.31. The first kappa shape index (κ1) is 24.3. The highest BCUT2D eigenvalue weighted by atomic mass is 16.3. The number of aromatic hydroxyl groups is 1. The van der Waals surface area contributed by atoms with Crippen molar-refractivity contribution >= 4 is 28.9 Å². The van der Waals surface area contributed by atoms with Crippen LogP contribution in [0.2, 0.25) is 0 Å². The number of anilines is 1. The molecule has 1 saturated carbocycles. The van der Waals surface area contributed by atoms with Crippen molar-refractivity contribution in [2.75, 3.05) is 33.1 Å². The van der Waals surface area contributed by atoms with Crippen LogP contribution in [0.4, 0.5) is 5.69 Å². The molecular weight excluding hydrogens is 456 g/mol. The molecule has 11 nitrogen and oxygen atoms in total. The number of carbonyl (C=O) groups is 3. The maximum atomic E-state index is 13.8. The summed E-state index contributed by atoms with van der Waals surface area (Å²) in [5.74, 6) is -7.29. The second kappa shape index (κ2) is 7.83. The number of nitriles is 1. The van der Waals surface area contributed by atoms with Gasteiger partial charge in [0.25, 0.3) is 5.91 Å². The molecule has 0 saturated heterocycles. The molecule has 3 aliphatic rings. The van der Waals surface area contributed by atoms with Crippen molar-refractivity contribution in [1.82, 2.24) is 4.90 Å². The normalized spacial score (nSPS) is 27.9. The van der Waals surface area contributed by atoms with Gasteiger partial charge in [0.1, 0.15) is 28.9 Å². The summed E-state index contributed by atoms with van der Waals surface area (Å²) in [7, 11) is 6.54. The van der Waals surface area contributed by atoms with Crippen LogP contribution in [0, 0.1) is 23.2 Å². The third-order valence-corrected chi connectivity index (χ3v) is 7.30. The maximum absolute atomic E-state index is 13.8. The number of aliphatic hydroxyl groups excluding tert-OH is 2. The molecule has 1 aromatic carbocycles. The summed E-state index contributed by atoms with van der Waals surface area (Å²) < 4.78 is 0. The van der Waals surface area contributed by atoms with Gasteiger partial charge in [0.2, 0.25) is 5.78 Å². The molecule has 0 aliphatic heterocycles. The molecule has 11 heteroatoms. The van der Waals surface area contributed by atoms with Gasteiger partial charge in [-0.2, -0.15) is 5.26 Å². The minimum atomic E-state index is -2.70. The van der Waals surface area contributed by atoms with Gasteiger partial charge >= 0.3 is 0 Å². The fourth-order valence-corrected chi connectivity index (χ4v) is 5.78. The Morgan fingerprint density at radius 3 is 2.34 bits per heavy atom. The zero-order valence-corrected chi connectivity index (χ0v) is 19.7. The van der Waals surface area contributed by atoms with E-state index < -0.39 is 63.8 Å². The van der Waals surface area contributed by atoms with Crippen molar-refractivity contribution in [3.8, 4) is 11.8 Å². The average Bonchev–Trinajstić information content (AvgIpc) is 2.75. The van der Waals surface area contributed by atoms with E-state index in [4.69, 9.17) is 5.73 Å². The molecule has 4 atom stereocenters. The van der Waals surface area contributed by atoms with E-state index in [2.05, 4.69) is 0 Å². The van der Waals surface area contributed by atoms with Crippen molar-refractivity contribution < 1.29 is 34.8 Å². The van der Waals surface area contributed by atoms with Crippen molar-refractivity contribution in [3.05, 3.63) is 39.7 Å². The molecule has 1 fully saturated rings. The summed E-state index contributed by atoms with van der Waals surface area (Å²) in [6, 6.07) is 2.20. The molecule has 0 radical (unpaired) electrons. The molecule has 0 aromatic heterocycles. The largest absolute Gasteiger partial charge is 0.508 e. The van der Waals surface area contributed by atoms with Crippen LogP contribution in [0.1, 0.15) is 23.1 Å². The number of rotatable bonds is 3. The van der Waals surface area contributed by atoms with Crippen LogP contribution in [-0.2, 0) is 20.8 Å². The molecule has 0 heterocycles. The molecule has 0 spiro atoms. The highest BCUT2D eigenvalue weighted by Gasteiger charge is 2.64. The summed E-state index contributed by atoms with van der Waals surface area (Å²) in [6.45, 7) is 0. The van der Waals surface area contributed by atoms with Crippen LogP contribution in [0.15, 0.2) is 23.0 Å². The summed E-state index contributed by atoms with van der Waals surface area (Å²) in [4.78, 5) is 42.0. The lowest BCUT2D eigenvalue weighted by Crippen LogP contribution is -2.65. The number of benzene rings is 1. The Hall–Kier alpha value is -3.88. The lowest BCUT2D eigenvalue weighted by molar-refractivity contribution is -0.153. The van der Waals surface area contributed by atoms with Gasteiger partial charge in [0.05, 0.1) is 17.2 Å². The topological polar surface area (TPSA) is 188 Å². The monoisotopic (exact) mass is 482 g/mol. The molecule has 6 N–H and O–H groups in total. The first-order valence-corrected chi connectivity index (χ1v) is 10.9. The van der Waals surface area contributed by atoms with Crippen molar-refractivity contribution in [2.24, 2.45) is 17.6 Å². The number of nitrogens with zero attached hydrogens (tertiary/aromatic N) is 3. The van der Waals surface area contributed by atoms with Crippen molar-refractivity contribution in [2.45, 2.75) is 24.5 Å². The molecule has 3 aliphatic carbocycles. The molecule has 35 heavy (non-hydrogen) atoms. The lowest BCUT2D eigenvalue weighted by atomic mass is 9.57. The Bertz CT molecular complexity index is 1300. The molecule has 184 valence electrons. The highest BCUT2D eigenvalue weighted by molar-refractivity contribution is 6.24. The lowest BCUT2D eigenvalue weighted by Gasteiger charge is -2.50. The third kappa shape index (κ3) is 3.07. The zero-order chi connectivity index (χ0) is 26.1. The van der Waals surface area contributed by atoms with Gasteiger partial charge in [0.15, 0.2) is 11.4 Å². The predicted octanol–water partition coefficient (Wildman–Crippen LogP) is -0.0983. The standard InChI is InChI=1S/C24H26N4O7/c1-27(2)13-7-10(8-25)18(29)15-11(13)5-9-6-12-17(28(3)4)20(31)16(23(26)34)22(33)24(12,35)21(32)14(9)19(15)30/h7,9,12,17,29-30,33,35H,5-6H2,1-4H3,(H2,26,34)/t9?,12?,17-,24-/m0/s1. The quantitative estimate of drug-likeness (QED) is 0.364. The molecule has 0 bridgehead atoms. The number of likely N-dealkylation sites (N-methyl/N-ethyl adjacent to an activating group) is 1. The first-order valence-electron chi connectivity index (χ1n) is 10.9. The Morgan fingerprint density at radius 1 is 1.20 bits per heavy atom. The molecule has 4 rings (SSSR count). The van der Waals surface area contributed by atoms with Crippen LogP contribution < -0.4 is 10.6 Å². The predicted molar refractivity (Wildman–Crippen MR) is 123 cm³/mol. The first-order chi connectivity index (χ1) is 16.3. The molecule has 2 unspecified atom stereocenters. The number of aliphatic hydroxyl groups is 3. The van der Waals surface area contributed by atoms with Crippen molar-refractivity contribution in [1.29, 1.82) is 5.26 Å². The fourth-order valence-electron chi connectivity index (χ4n) is 5.78. The number of primary amides is 1. The highest BCUT2D eigenvalue weighted by Crippen LogP contribution is 2.54. The minimum absolute atomic E-state index is 0.000601. The van der Waals surface area contributed by atoms with E-state index in [-0.39, 0.29) is 29.5 Å². The van der Waals surface area contributed by atoms with Crippen molar-refractivity contribution in [3.63, 3.8) is 0 Å². The summed E-state index contributed by atoms with van der Waals surface area (Å²) >= 11 is 0. The van der Waals surface area contributed by atoms with Crippen LogP contribution in [-0.4, -0.2) is 82.6 Å². The Morgan fingerprint density at radius 2 is 1.83 bits per heavy atom. The second-order valence-corrected chi connectivity index (χ2v) is 9.61. The second-order valence-electron chi connectivity index (χ2n) is 9.61. The van der Waals surface area contributed by atoms with Crippen LogP contribution in [0.25, 0.3) is 5.76 Å². The van der Waals surface area contributed by atoms with Gasteiger partial charge in [-0.3, -0.25) is 19.3 Å². The maximum Gasteiger partial charge on any atom is 0.255 e. The SMILES string of the molecule is CN(C)c1cc(C#N)c(O)c2c1CC1CC3[C@H](N(C)C)C(=O)C(C(N)=O)=C(O)[C@@]3(O)C(=O)C1=C2O. The van der Waals surface area contributed by atoms with E-state index in [9.17, 15) is 40.1 Å². The van der Waals surface area contributed by atoms with E-state index in [0.29, 0.717) is 11.3 Å². The number of fused-ring (bicyclic) bond motifs is 3. The van der Waals surface area contributed by atoms with Gasteiger partial charge < -0.3 is 31.1 Å². The number of nitrogens with two attached hydrogens (primary N) is 1.